The molecule has 0 bridgehead atoms. The van der Waals surface area contributed by atoms with E-state index in [1.165, 1.54) is 5.56 Å². The number of amides is 2. The first-order chi connectivity index (χ1) is 18.4. The van der Waals surface area contributed by atoms with Crippen LogP contribution in [-0.2, 0) is 22.6 Å². The number of benzene rings is 3. The molecule has 1 N–H and O–H groups in total. The normalized spacial score (nSPS) is 14.3. The molecule has 0 aliphatic heterocycles. The van der Waals surface area contributed by atoms with Crippen molar-refractivity contribution in [3.63, 3.8) is 0 Å². The average molecular weight is 513 g/mol. The Morgan fingerprint density at radius 3 is 2.24 bits per heavy atom. The molecular formula is C33H40N2O3. The zero-order chi connectivity index (χ0) is 26.9. The van der Waals surface area contributed by atoms with Gasteiger partial charge < -0.3 is 15.0 Å². The average Bonchev–Trinajstić information content (AvgIpc) is 3.44. The van der Waals surface area contributed by atoms with Crippen LogP contribution in [0, 0.1) is 6.92 Å². The van der Waals surface area contributed by atoms with Gasteiger partial charge in [-0.2, -0.15) is 0 Å². The number of carbonyl (C=O) groups excluding carboxylic acids is 2. The Hall–Kier alpha value is -3.60. The Bertz CT molecular complexity index is 1180. The summed E-state index contributed by atoms with van der Waals surface area (Å²) in [4.78, 5) is 29.3. The second kappa shape index (κ2) is 13.3. The van der Waals surface area contributed by atoms with Crippen molar-refractivity contribution in [2.75, 3.05) is 6.61 Å². The van der Waals surface area contributed by atoms with E-state index in [2.05, 4.69) is 19.2 Å². The minimum absolute atomic E-state index is 0.0935. The molecule has 0 aromatic heterocycles. The molecule has 1 fully saturated rings. The van der Waals surface area contributed by atoms with E-state index in [1.807, 2.05) is 85.8 Å². The number of nitrogens with zero attached hydrogens (tertiary/aromatic N) is 1. The minimum Gasteiger partial charge on any atom is -0.484 e. The first-order valence-corrected chi connectivity index (χ1v) is 13.8. The predicted molar refractivity (Wildman–Crippen MR) is 152 cm³/mol. The van der Waals surface area contributed by atoms with Crippen molar-refractivity contribution >= 4 is 11.8 Å². The molecular weight excluding hydrogens is 472 g/mol. The number of ether oxygens (including phenoxy) is 1. The molecule has 0 saturated heterocycles. The second-order valence-corrected chi connectivity index (χ2v) is 10.7. The molecule has 1 aliphatic carbocycles. The highest BCUT2D eigenvalue weighted by molar-refractivity contribution is 5.88. The number of hydrogen-bond acceptors (Lipinski definition) is 3. The van der Waals surface area contributed by atoms with Crippen LogP contribution >= 0.6 is 0 Å². The number of rotatable bonds is 11. The predicted octanol–water partition coefficient (Wildman–Crippen LogP) is 6.20. The van der Waals surface area contributed by atoms with Crippen molar-refractivity contribution in [1.29, 1.82) is 0 Å². The standard InChI is InChI=1S/C33H40N2O3/c1-24(2)27-17-19-30(20-18-27)38-23-32(36)35(22-28-14-8-7-11-25(28)3)31(21-26-12-5-4-6-13-26)33(37)34-29-15-9-10-16-29/h4-8,11-14,17-20,24,29,31H,9-10,15-16,21-23H2,1-3H3,(H,34,37). The maximum absolute atomic E-state index is 13.8. The molecule has 200 valence electrons. The summed E-state index contributed by atoms with van der Waals surface area (Å²) in [5.41, 5.74) is 4.35. The van der Waals surface area contributed by atoms with Gasteiger partial charge in [-0.05, 0) is 60.1 Å². The quantitative estimate of drug-likeness (QED) is 0.333. The van der Waals surface area contributed by atoms with Crippen molar-refractivity contribution in [2.45, 2.75) is 77.4 Å². The molecule has 4 rings (SSSR count). The fourth-order valence-corrected chi connectivity index (χ4v) is 5.07. The lowest BCUT2D eigenvalue weighted by atomic mass is 10.0. The third-order valence-corrected chi connectivity index (χ3v) is 7.48. The van der Waals surface area contributed by atoms with E-state index in [1.54, 1.807) is 4.90 Å². The Balaban J connectivity index is 1.59. The zero-order valence-electron chi connectivity index (χ0n) is 22.9. The molecule has 0 heterocycles. The van der Waals surface area contributed by atoms with Crippen LogP contribution in [0.15, 0.2) is 78.9 Å². The van der Waals surface area contributed by atoms with Crippen molar-refractivity contribution < 1.29 is 14.3 Å². The first kappa shape index (κ1) is 27.4. The maximum Gasteiger partial charge on any atom is 0.261 e. The second-order valence-electron chi connectivity index (χ2n) is 10.7. The van der Waals surface area contributed by atoms with Gasteiger partial charge in [0.05, 0.1) is 0 Å². The summed E-state index contributed by atoms with van der Waals surface area (Å²) in [6.07, 6.45) is 4.68. The highest BCUT2D eigenvalue weighted by Gasteiger charge is 2.32. The summed E-state index contributed by atoms with van der Waals surface area (Å²) in [5.74, 6) is 0.772. The van der Waals surface area contributed by atoms with E-state index < -0.39 is 6.04 Å². The number of nitrogens with one attached hydrogen (secondary N) is 1. The molecule has 3 aromatic carbocycles. The van der Waals surface area contributed by atoms with Crippen LogP contribution in [0.2, 0.25) is 0 Å². The monoisotopic (exact) mass is 512 g/mol. The van der Waals surface area contributed by atoms with Gasteiger partial charge in [-0.3, -0.25) is 9.59 Å². The van der Waals surface area contributed by atoms with Gasteiger partial charge in [0.2, 0.25) is 5.91 Å². The van der Waals surface area contributed by atoms with Crippen LogP contribution in [0.4, 0.5) is 0 Å². The summed E-state index contributed by atoms with van der Waals surface area (Å²) in [6.45, 7) is 6.54. The molecule has 38 heavy (non-hydrogen) atoms. The smallest absolute Gasteiger partial charge is 0.261 e. The molecule has 3 aromatic rings. The molecule has 5 nitrogen and oxygen atoms in total. The van der Waals surface area contributed by atoms with Crippen LogP contribution in [0.3, 0.4) is 0 Å². The Morgan fingerprint density at radius 1 is 0.921 bits per heavy atom. The molecule has 0 spiro atoms. The SMILES string of the molecule is Cc1ccccc1CN(C(=O)COc1ccc(C(C)C)cc1)C(Cc1ccccc1)C(=O)NC1CCCC1. The Morgan fingerprint density at radius 2 is 1.58 bits per heavy atom. The zero-order valence-corrected chi connectivity index (χ0v) is 22.9. The summed E-state index contributed by atoms with van der Waals surface area (Å²) < 4.78 is 5.94. The van der Waals surface area contributed by atoms with Crippen LogP contribution in [-0.4, -0.2) is 35.4 Å². The van der Waals surface area contributed by atoms with Gasteiger partial charge in [0.1, 0.15) is 11.8 Å². The van der Waals surface area contributed by atoms with E-state index in [-0.39, 0.29) is 24.5 Å². The number of carbonyl (C=O) groups is 2. The van der Waals surface area contributed by atoms with Crippen molar-refractivity contribution in [3.05, 3.63) is 101 Å². The van der Waals surface area contributed by atoms with Gasteiger partial charge >= 0.3 is 0 Å². The van der Waals surface area contributed by atoms with Gasteiger partial charge in [0.15, 0.2) is 6.61 Å². The fraction of sp³-hybridized carbons (Fsp3) is 0.394. The van der Waals surface area contributed by atoms with Gasteiger partial charge in [0.25, 0.3) is 5.91 Å². The lowest BCUT2D eigenvalue weighted by molar-refractivity contribution is -0.143. The van der Waals surface area contributed by atoms with E-state index in [0.29, 0.717) is 24.6 Å². The number of hydrogen-bond donors (Lipinski definition) is 1. The van der Waals surface area contributed by atoms with E-state index in [0.717, 1.165) is 42.4 Å². The third kappa shape index (κ3) is 7.47. The lowest BCUT2D eigenvalue weighted by Crippen LogP contribution is -2.53. The van der Waals surface area contributed by atoms with Crippen molar-refractivity contribution in [2.24, 2.45) is 0 Å². The van der Waals surface area contributed by atoms with Gasteiger partial charge in [-0.15, -0.1) is 0 Å². The molecule has 1 atom stereocenters. The third-order valence-electron chi connectivity index (χ3n) is 7.48. The molecule has 1 saturated carbocycles. The minimum atomic E-state index is -0.642. The van der Waals surface area contributed by atoms with E-state index in [4.69, 9.17) is 4.74 Å². The lowest BCUT2D eigenvalue weighted by Gasteiger charge is -2.32. The van der Waals surface area contributed by atoms with Crippen LogP contribution < -0.4 is 10.1 Å². The molecule has 5 heteroatoms. The van der Waals surface area contributed by atoms with Crippen molar-refractivity contribution in [3.8, 4) is 5.75 Å². The van der Waals surface area contributed by atoms with Crippen LogP contribution in [0.5, 0.6) is 5.75 Å². The van der Waals surface area contributed by atoms with Gasteiger partial charge in [-0.1, -0.05) is 93.4 Å². The molecule has 1 unspecified atom stereocenters. The molecule has 1 aliphatic rings. The highest BCUT2D eigenvalue weighted by atomic mass is 16.5. The summed E-state index contributed by atoms with van der Waals surface area (Å²) >= 11 is 0. The van der Waals surface area contributed by atoms with E-state index in [9.17, 15) is 9.59 Å². The first-order valence-electron chi connectivity index (χ1n) is 13.8. The highest BCUT2D eigenvalue weighted by Crippen LogP contribution is 2.22. The van der Waals surface area contributed by atoms with Crippen molar-refractivity contribution in [1.82, 2.24) is 10.2 Å². The fourth-order valence-electron chi connectivity index (χ4n) is 5.07. The van der Waals surface area contributed by atoms with Gasteiger partial charge in [0, 0.05) is 19.0 Å². The summed E-state index contributed by atoms with van der Waals surface area (Å²) in [6, 6.07) is 25.4. The van der Waals surface area contributed by atoms with Crippen LogP contribution in [0.25, 0.3) is 0 Å². The summed E-state index contributed by atoms with van der Waals surface area (Å²) in [7, 11) is 0. The molecule has 0 radical (unpaired) electrons. The Labute approximate surface area is 227 Å². The van der Waals surface area contributed by atoms with Crippen LogP contribution in [0.1, 0.15) is 67.7 Å². The maximum atomic E-state index is 13.8. The topological polar surface area (TPSA) is 58.6 Å². The van der Waals surface area contributed by atoms with Gasteiger partial charge in [-0.25, -0.2) is 0 Å². The molecule has 2 amide bonds. The summed E-state index contributed by atoms with van der Waals surface area (Å²) in [5, 5.41) is 3.25. The number of aryl methyl sites for hydroxylation is 1. The largest absolute Gasteiger partial charge is 0.484 e. The Kier molecular flexibility index (Phi) is 9.58. The van der Waals surface area contributed by atoms with E-state index >= 15 is 0 Å².